The van der Waals surface area contributed by atoms with Gasteiger partial charge in [0.2, 0.25) is 0 Å². The fourth-order valence-corrected chi connectivity index (χ4v) is 14.5. The first kappa shape index (κ1) is 29.1. The molecule has 242 valence electrons. The zero-order chi connectivity index (χ0) is 28.3. The van der Waals surface area contributed by atoms with E-state index in [2.05, 4.69) is 10.6 Å². The molecule has 0 radical (unpaired) electrons. The molecule has 9 aliphatic rings. The van der Waals surface area contributed by atoms with Gasteiger partial charge in [-0.15, -0.1) is 0 Å². The van der Waals surface area contributed by atoms with Crippen LogP contribution in [0, 0.1) is 65.1 Å². The lowest BCUT2D eigenvalue weighted by Crippen LogP contribution is -2.68. The van der Waals surface area contributed by atoms with Crippen molar-refractivity contribution < 1.29 is 4.74 Å². The molecule has 15 atom stereocenters. The molecule has 7 saturated carbocycles. The molecule has 0 aromatic carbocycles. The molecule has 2 saturated heterocycles. The van der Waals surface area contributed by atoms with E-state index in [1.54, 1.807) is 38.5 Å². The number of nitrogens with one attached hydrogen (secondary N) is 2. The second kappa shape index (κ2) is 12.5. The molecule has 3 nitrogen and oxygen atoms in total. The average molecular weight is 591 g/mol. The van der Waals surface area contributed by atoms with Crippen LogP contribution < -0.4 is 10.6 Å². The van der Waals surface area contributed by atoms with Crippen molar-refractivity contribution in [3.8, 4) is 0 Å². The number of rotatable bonds is 3. The van der Waals surface area contributed by atoms with Crippen LogP contribution in [0.1, 0.15) is 154 Å². The zero-order valence-electron chi connectivity index (χ0n) is 27.6. The Morgan fingerprint density at radius 2 is 1.05 bits per heavy atom. The number of fused-ring (bicyclic) bond motifs is 7. The third kappa shape index (κ3) is 5.42. The minimum Gasteiger partial charge on any atom is -0.374 e. The van der Waals surface area contributed by atoms with Crippen molar-refractivity contribution in [3.05, 3.63) is 0 Å². The summed E-state index contributed by atoms with van der Waals surface area (Å²) in [7, 11) is 0. The van der Waals surface area contributed by atoms with Gasteiger partial charge in [0.15, 0.2) is 0 Å². The molecular formula is C40H66N2O. The maximum Gasteiger partial charge on any atom is 0.0641 e. The van der Waals surface area contributed by atoms with Crippen LogP contribution in [-0.2, 0) is 4.74 Å². The summed E-state index contributed by atoms with van der Waals surface area (Å²) in [5.74, 6) is 10.5. The first-order chi connectivity index (χ1) is 21.3. The van der Waals surface area contributed by atoms with E-state index in [9.17, 15) is 0 Å². The first-order valence-electron chi connectivity index (χ1n) is 20.5. The predicted molar refractivity (Wildman–Crippen MR) is 175 cm³/mol. The lowest BCUT2D eigenvalue weighted by atomic mass is 9.54. The van der Waals surface area contributed by atoms with Crippen molar-refractivity contribution in [2.75, 3.05) is 0 Å². The molecule has 3 heteroatoms. The Hall–Kier alpha value is -0.120. The van der Waals surface area contributed by atoms with E-state index < -0.39 is 0 Å². The summed E-state index contributed by atoms with van der Waals surface area (Å²) < 4.78 is 7.22. The van der Waals surface area contributed by atoms with Gasteiger partial charge in [-0.1, -0.05) is 83.5 Å². The smallest absolute Gasteiger partial charge is 0.0641 e. The van der Waals surface area contributed by atoms with Crippen molar-refractivity contribution in [1.82, 2.24) is 10.6 Å². The van der Waals surface area contributed by atoms with E-state index in [4.69, 9.17) is 4.74 Å². The summed E-state index contributed by atoms with van der Waals surface area (Å²) >= 11 is 0. The highest BCUT2D eigenvalue weighted by Gasteiger charge is 2.57. The Morgan fingerprint density at radius 3 is 1.93 bits per heavy atom. The SMILES string of the molecule is C1CCC(C2CC3C4CC(C5NC6CCCCC6C(C6CCC7CCCCC7C6)N5)CCC4OC3C3CCCCC23)CC1. The monoisotopic (exact) mass is 591 g/mol. The van der Waals surface area contributed by atoms with Crippen molar-refractivity contribution in [2.24, 2.45) is 65.1 Å². The predicted octanol–water partition coefficient (Wildman–Crippen LogP) is 9.25. The quantitative estimate of drug-likeness (QED) is 0.344. The van der Waals surface area contributed by atoms with Crippen molar-refractivity contribution >= 4 is 0 Å². The molecule has 0 amide bonds. The maximum atomic E-state index is 7.22. The summed E-state index contributed by atoms with van der Waals surface area (Å²) in [6, 6.07) is 1.57. The van der Waals surface area contributed by atoms with E-state index in [1.807, 2.05) is 0 Å². The van der Waals surface area contributed by atoms with Crippen molar-refractivity contribution in [2.45, 2.75) is 185 Å². The summed E-state index contributed by atoms with van der Waals surface area (Å²) in [4.78, 5) is 0. The van der Waals surface area contributed by atoms with Crippen LogP contribution in [0.5, 0.6) is 0 Å². The van der Waals surface area contributed by atoms with Gasteiger partial charge in [0.25, 0.3) is 0 Å². The van der Waals surface area contributed by atoms with E-state index >= 15 is 0 Å². The van der Waals surface area contributed by atoms with Gasteiger partial charge < -0.3 is 4.74 Å². The van der Waals surface area contributed by atoms with Crippen LogP contribution in [0.3, 0.4) is 0 Å². The van der Waals surface area contributed by atoms with Crippen molar-refractivity contribution in [3.63, 3.8) is 0 Å². The Bertz CT molecular complexity index is 947. The third-order valence-electron chi connectivity index (χ3n) is 16.4. The second-order valence-electron chi connectivity index (χ2n) is 18.2. The van der Waals surface area contributed by atoms with Crippen LogP contribution in [0.25, 0.3) is 0 Å². The van der Waals surface area contributed by atoms with E-state index in [-0.39, 0.29) is 0 Å². The van der Waals surface area contributed by atoms with Gasteiger partial charge in [-0.3, -0.25) is 10.6 Å². The first-order valence-corrected chi connectivity index (χ1v) is 20.5. The molecule has 9 fully saturated rings. The van der Waals surface area contributed by atoms with E-state index in [0.717, 1.165) is 77.2 Å². The Labute approximate surface area is 264 Å². The van der Waals surface area contributed by atoms with Gasteiger partial charge in [0, 0.05) is 12.1 Å². The van der Waals surface area contributed by atoms with Crippen LogP contribution in [0.4, 0.5) is 0 Å². The lowest BCUT2D eigenvalue weighted by Gasteiger charge is -2.54. The van der Waals surface area contributed by atoms with Crippen LogP contribution in [-0.4, -0.2) is 30.5 Å². The fourth-order valence-electron chi connectivity index (χ4n) is 14.5. The lowest BCUT2D eigenvalue weighted by molar-refractivity contribution is -0.0861. The molecule has 0 bridgehead atoms. The van der Waals surface area contributed by atoms with Gasteiger partial charge in [0.05, 0.1) is 18.4 Å². The minimum atomic E-state index is 0.564. The highest BCUT2D eigenvalue weighted by Crippen LogP contribution is 2.59. The molecule has 2 heterocycles. The Balaban J connectivity index is 0.922. The summed E-state index contributed by atoms with van der Waals surface area (Å²) in [5, 5.41) is 8.85. The molecule has 9 rings (SSSR count). The largest absolute Gasteiger partial charge is 0.374 e. The highest BCUT2D eigenvalue weighted by atomic mass is 16.5. The summed E-state index contributed by atoms with van der Waals surface area (Å²) in [5.41, 5.74) is 0. The highest BCUT2D eigenvalue weighted by molar-refractivity contribution is 5.07. The topological polar surface area (TPSA) is 33.3 Å². The van der Waals surface area contributed by atoms with Crippen molar-refractivity contribution in [1.29, 1.82) is 0 Å². The minimum absolute atomic E-state index is 0.564. The van der Waals surface area contributed by atoms with Crippen LogP contribution in [0.2, 0.25) is 0 Å². The molecule has 2 aliphatic heterocycles. The number of hydrogen-bond acceptors (Lipinski definition) is 3. The molecule has 0 aromatic rings. The van der Waals surface area contributed by atoms with Gasteiger partial charge in [-0.05, 0) is 136 Å². The number of hydrogen-bond donors (Lipinski definition) is 2. The second-order valence-corrected chi connectivity index (χ2v) is 18.2. The van der Waals surface area contributed by atoms with Crippen LogP contribution in [0.15, 0.2) is 0 Å². The third-order valence-corrected chi connectivity index (χ3v) is 16.4. The summed E-state index contributed by atoms with van der Waals surface area (Å²) in [6.45, 7) is 0. The fraction of sp³-hybridized carbons (Fsp3) is 1.00. The van der Waals surface area contributed by atoms with Gasteiger partial charge in [0.1, 0.15) is 0 Å². The van der Waals surface area contributed by atoms with E-state index in [0.29, 0.717) is 18.4 Å². The number of ether oxygens (including phenoxy) is 1. The molecule has 0 spiro atoms. The Morgan fingerprint density at radius 1 is 0.372 bits per heavy atom. The van der Waals surface area contributed by atoms with Gasteiger partial charge in [-0.25, -0.2) is 0 Å². The van der Waals surface area contributed by atoms with Crippen LogP contribution >= 0.6 is 0 Å². The maximum absolute atomic E-state index is 7.22. The van der Waals surface area contributed by atoms with Gasteiger partial charge in [-0.2, -0.15) is 0 Å². The average Bonchev–Trinajstić information content (AvgIpc) is 3.46. The molecule has 43 heavy (non-hydrogen) atoms. The van der Waals surface area contributed by atoms with Gasteiger partial charge >= 0.3 is 0 Å². The van der Waals surface area contributed by atoms with E-state index in [1.165, 1.54) is 116 Å². The standard InChI is InChI=1S/C40H66N2O/c1-2-11-26(12-3-1)33-24-35-34-23-29(20-21-37(34)43-39(35)31-15-7-6-14-30(31)33)40-41-36-17-9-8-16-32(36)38(42-40)28-19-18-25-10-4-5-13-27(25)22-28/h25-42H,1-24H2. The normalized spacial score (nSPS) is 54.0. The molecule has 15 unspecified atom stereocenters. The molecule has 7 aliphatic carbocycles. The molecule has 0 aromatic heterocycles. The Kier molecular flexibility index (Phi) is 8.43. The molecule has 2 N–H and O–H groups in total. The summed E-state index contributed by atoms with van der Waals surface area (Å²) in [6.07, 6.45) is 37.7. The molecular weight excluding hydrogens is 524 g/mol. The zero-order valence-corrected chi connectivity index (χ0v) is 27.6.